The molecular weight excluding hydrogens is 355 g/mol. The van der Waals surface area contributed by atoms with Gasteiger partial charge in [0.1, 0.15) is 5.82 Å². The molecule has 1 heterocycles. The lowest BCUT2D eigenvalue weighted by atomic mass is 9.92. The molecule has 0 saturated carbocycles. The third-order valence-corrected chi connectivity index (χ3v) is 4.07. The monoisotopic (exact) mass is 365 g/mol. The number of Topliss-reactive ketones (excluding diaryl/α,β-unsaturated/α-hetero) is 1. The molecule has 0 saturated heterocycles. The van der Waals surface area contributed by atoms with E-state index in [1.807, 2.05) is 0 Å². The van der Waals surface area contributed by atoms with E-state index < -0.39 is 47.1 Å². The van der Waals surface area contributed by atoms with E-state index in [1.54, 1.807) is 0 Å². The van der Waals surface area contributed by atoms with Gasteiger partial charge in [0, 0.05) is 17.6 Å². The van der Waals surface area contributed by atoms with Crippen molar-refractivity contribution in [3.05, 3.63) is 52.6 Å². The molecule has 2 nitrogen and oxygen atoms in total. The average molecular weight is 365 g/mol. The van der Waals surface area contributed by atoms with Crippen molar-refractivity contribution in [2.24, 2.45) is 0 Å². The maximum Gasteiger partial charge on any atom is 0.418 e. The van der Waals surface area contributed by atoms with E-state index in [2.05, 4.69) is 0 Å². The summed E-state index contributed by atoms with van der Waals surface area (Å²) in [5.74, 6) is -2.49. The van der Waals surface area contributed by atoms with Crippen molar-refractivity contribution >= 4 is 5.78 Å². The van der Waals surface area contributed by atoms with Crippen molar-refractivity contribution in [2.75, 3.05) is 0 Å². The van der Waals surface area contributed by atoms with Crippen LogP contribution in [0, 0.1) is 5.82 Å². The summed E-state index contributed by atoms with van der Waals surface area (Å²) in [6, 6.07) is 2.44. The number of alkyl halides is 6. The number of ketones is 1. The van der Waals surface area contributed by atoms with Crippen molar-refractivity contribution in [2.45, 2.75) is 31.6 Å². The number of carbonyl (C=O) groups is 1. The van der Waals surface area contributed by atoms with Gasteiger partial charge in [-0.2, -0.15) is 13.2 Å². The third-order valence-electron chi connectivity index (χ3n) is 4.07. The Hall–Kier alpha value is -2.32. The van der Waals surface area contributed by atoms with Crippen molar-refractivity contribution in [1.82, 2.24) is 4.57 Å². The Kier molecular flexibility index (Phi) is 4.12. The van der Waals surface area contributed by atoms with Gasteiger partial charge in [0.2, 0.25) is 0 Å². The minimum atomic E-state index is -4.92. The van der Waals surface area contributed by atoms with Crippen LogP contribution in [0.2, 0.25) is 0 Å². The van der Waals surface area contributed by atoms with Crippen molar-refractivity contribution in [3.8, 4) is 5.69 Å². The highest BCUT2D eigenvalue weighted by atomic mass is 19.4. The van der Waals surface area contributed by atoms with Crippen LogP contribution >= 0.6 is 0 Å². The molecule has 0 amide bonds. The van der Waals surface area contributed by atoms with Crippen molar-refractivity contribution in [3.63, 3.8) is 0 Å². The SMILES string of the molecule is O=C1c2c(C(F)(F)F)cn(-c3ccc(F)c(C(F)F)c3)c2CCC1F. The molecule has 0 radical (unpaired) electrons. The highest BCUT2D eigenvalue weighted by Gasteiger charge is 2.43. The second-order valence-electron chi connectivity index (χ2n) is 5.61. The van der Waals surface area contributed by atoms with Gasteiger partial charge < -0.3 is 4.57 Å². The van der Waals surface area contributed by atoms with Crippen LogP contribution in [0.15, 0.2) is 24.4 Å². The fourth-order valence-electron chi connectivity index (χ4n) is 2.91. The predicted molar refractivity (Wildman–Crippen MR) is 73.2 cm³/mol. The highest BCUT2D eigenvalue weighted by Crippen LogP contribution is 2.39. The summed E-state index contributed by atoms with van der Waals surface area (Å²) in [6.45, 7) is 0. The molecule has 0 N–H and O–H groups in total. The number of carbonyl (C=O) groups excluding carboxylic acids is 1. The number of halogens is 7. The molecule has 1 unspecified atom stereocenters. The summed E-state index contributed by atoms with van der Waals surface area (Å²) in [5, 5.41) is 0. The molecule has 0 aliphatic heterocycles. The topological polar surface area (TPSA) is 22.0 Å². The van der Waals surface area contributed by atoms with Crippen LogP contribution in [0.4, 0.5) is 30.7 Å². The summed E-state index contributed by atoms with van der Waals surface area (Å²) in [6.07, 6.45) is -10.1. The zero-order valence-corrected chi connectivity index (χ0v) is 12.4. The second-order valence-corrected chi connectivity index (χ2v) is 5.61. The van der Waals surface area contributed by atoms with E-state index >= 15 is 0 Å². The molecule has 1 aliphatic carbocycles. The standard InChI is InChI=1S/C16H10F7NO/c17-10-2-1-7(5-8(10)15(19)20)24-6-9(16(21,22)23)13-12(24)4-3-11(18)14(13)25/h1-2,5-6,11,15H,3-4H2. The lowest BCUT2D eigenvalue weighted by Crippen LogP contribution is -2.26. The Bertz CT molecular complexity index is 838. The zero-order chi connectivity index (χ0) is 18.5. The molecule has 0 spiro atoms. The van der Waals surface area contributed by atoms with E-state index in [1.165, 1.54) is 0 Å². The first-order chi connectivity index (χ1) is 11.6. The van der Waals surface area contributed by atoms with Crippen LogP contribution < -0.4 is 0 Å². The Morgan fingerprint density at radius 1 is 1.20 bits per heavy atom. The number of nitrogens with zero attached hydrogens (tertiary/aromatic N) is 1. The maximum absolute atomic E-state index is 13.6. The lowest BCUT2D eigenvalue weighted by molar-refractivity contribution is -0.137. The largest absolute Gasteiger partial charge is 0.418 e. The smallest absolute Gasteiger partial charge is 0.320 e. The summed E-state index contributed by atoms with van der Waals surface area (Å²) >= 11 is 0. The molecule has 1 aromatic carbocycles. The fourth-order valence-corrected chi connectivity index (χ4v) is 2.91. The van der Waals surface area contributed by atoms with Gasteiger partial charge >= 0.3 is 6.18 Å². The Balaban J connectivity index is 2.24. The first-order valence-corrected chi connectivity index (χ1v) is 7.19. The van der Waals surface area contributed by atoms with Crippen LogP contribution in [0.3, 0.4) is 0 Å². The zero-order valence-electron chi connectivity index (χ0n) is 12.4. The number of aromatic nitrogens is 1. The summed E-state index contributed by atoms with van der Waals surface area (Å²) in [5.41, 5.74) is -3.39. The summed E-state index contributed by atoms with van der Waals surface area (Å²) < 4.78 is 93.2. The number of hydrogen-bond donors (Lipinski definition) is 0. The molecule has 0 bridgehead atoms. The summed E-state index contributed by atoms with van der Waals surface area (Å²) in [4.78, 5) is 11.9. The number of fused-ring (bicyclic) bond motifs is 1. The lowest BCUT2D eigenvalue weighted by Gasteiger charge is -2.19. The number of rotatable bonds is 2. The van der Waals surface area contributed by atoms with Crippen molar-refractivity contribution < 1.29 is 35.5 Å². The van der Waals surface area contributed by atoms with E-state index in [4.69, 9.17) is 0 Å². The first kappa shape index (κ1) is 17.5. The maximum atomic E-state index is 13.6. The van der Waals surface area contributed by atoms with E-state index in [9.17, 15) is 35.5 Å². The van der Waals surface area contributed by atoms with Crippen molar-refractivity contribution in [1.29, 1.82) is 0 Å². The number of benzene rings is 1. The van der Waals surface area contributed by atoms with Gasteiger partial charge in [-0.3, -0.25) is 4.79 Å². The van der Waals surface area contributed by atoms with Crippen LogP contribution in [-0.4, -0.2) is 16.5 Å². The van der Waals surface area contributed by atoms with Gasteiger partial charge in [0.25, 0.3) is 6.43 Å². The Morgan fingerprint density at radius 2 is 1.88 bits per heavy atom. The van der Waals surface area contributed by atoms with Crippen LogP contribution in [0.1, 0.15) is 40.0 Å². The minimum Gasteiger partial charge on any atom is -0.320 e. The van der Waals surface area contributed by atoms with Crippen LogP contribution in [0.25, 0.3) is 5.69 Å². The molecule has 25 heavy (non-hydrogen) atoms. The quantitative estimate of drug-likeness (QED) is 0.684. The van der Waals surface area contributed by atoms with E-state index in [0.717, 1.165) is 10.6 Å². The third kappa shape index (κ3) is 2.91. The van der Waals surface area contributed by atoms with E-state index in [-0.39, 0.29) is 24.2 Å². The normalized spacial score (nSPS) is 17.9. The molecule has 3 rings (SSSR count). The van der Waals surface area contributed by atoms with Crippen LogP contribution in [0.5, 0.6) is 0 Å². The van der Waals surface area contributed by atoms with Gasteiger partial charge in [-0.05, 0) is 31.0 Å². The Labute approximate surface area is 136 Å². The molecule has 1 atom stereocenters. The first-order valence-electron chi connectivity index (χ1n) is 7.19. The highest BCUT2D eigenvalue weighted by molar-refractivity contribution is 6.03. The van der Waals surface area contributed by atoms with Gasteiger partial charge in [0.15, 0.2) is 12.0 Å². The van der Waals surface area contributed by atoms with Gasteiger partial charge in [-0.15, -0.1) is 0 Å². The van der Waals surface area contributed by atoms with Gasteiger partial charge in [-0.25, -0.2) is 17.6 Å². The molecule has 9 heteroatoms. The minimum absolute atomic E-state index is 0.127. The molecule has 1 aliphatic rings. The Morgan fingerprint density at radius 3 is 2.48 bits per heavy atom. The second kappa shape index (κ2) is 5.89. The molecule has 134 valence electrons. The van der Waals surface area contributed by atoms with E-state index in [0.29, 0.717) is 18.3 Å². The summed E-state index contributed by atoms with van der Waals surface area (Å²) in [7, 11) is 0. The van der Waals surface area contributed by atoms with Gasteiger partial charge in [-0.1, -0.05) is 0 Å². The average Bonchev–Trinajstić information content (AvgIpc) is 2.91. The molecule has 0 fully saturated rings. The van der Waals surface area contributed by atoms with Gasteiger partial charge in [0.05, 0.1) is 16.7 Å². The molecule has 1 aromatic heterocycles. The number of hydrogen-bond acceptors (Lipinski definition) is 1. The predicted octanol–water partition coefficient (Wildman–Crippen LogP) is 5.04. The molecular formula is C16H10F7NO. The fraction of sp³-hybridized carbons (Fsp3) is 0.312. The van der Waals surface area contributed by atoms with Crippen LogP contribution in [-0.2, 0) is 12.6 Å². The molecule has 2 aromatic rings.